The number of phenols is 2. The van der Waals surface area contributed by atoms with Crippen LogP contribution < -0.4 is 4.74 Å². The summed E-state index contributed by atoms with van der Waals surface area (Å²) in [6.07, 6.45) is 43.1. The second-order valence-electron chi connectivity index (χ2n) is 11.7. The number of ether oxygens (including phenoxy) is 1. The number of phenolic OH excluding ortho intramolecular Hbond substituents is 2. The average molecular weight is 635 g/mol. The quantitative estimate of drug-likeness (QED) is 0.0471. The highest BCUT2D eigenvalue weighted by Crippen LogP contribution is 2.31. The maximum absolute atomic E-state index is 12.5. The zero-order valence-corrected chi connectivity index (χ0v) is 28.6. The molecule has 0 fully saturated rings. The number of esters is 1. The molecule has 2 rings (SSSR count). The summed E-state index contributed by atoms with van der Waals surface area (Å²) in [6, 6.07) is 9.07. The van der Waals surface area contributed by atoms with Crippen LogP contribution in [0.2, 0.25) is 0 Å². The van der Waals surface area contributed by atoms with Gasteiger partial charge in [0.1, 0.15) is 17.2 Å². The van der Waals surface area contributed by atoms with Gasteiger partial charge in [0.25, 0.3) is 0 Å². The van der Waals surface area contributed by atoms with Crippen molar-refractivity contribution in [1.29, 1.82) is 0 Å². The second kappa shape index (κ2) is 24.6. The van der Waals surface area contributed by atoms with Gasteiger partial charge >= 0.3 is 5.97 Å². The number of carbonyl (C=O) groups is 1. The van der Waals surface area contributed by atoms with Gasteiger partial charge in [-0.05, 0) is 67.6 Å². The lowest BCUT2D eigenvalue weighted by molar-refractivity contribution is -0.129. The third-order valence-electron chi connectivity index (χ3n) is 7.51. The first-order chi connectivity index (χ1) is 22.9. The van der Waals surface area contributed by atoms with E-state index in [4.69, 9.17) is 4.74 Å². The summed E-state index contributed by atoms with van der Waals surface area (Å²) in [4.78, 5) is 12.5. The first-order valence-corrected chi connectivity index (χ1v) is 17.1. The topological polar surface area (TPSA) is 66.8 Å². The van der Waals surface area contributed by atoms with E-state index in [0.29, 0.717) is 23.5 Å². The average Bonchev–Trinajstić information content (AvgIpc) is 3.04. The Morgan fingerprint density at radius 3 is 1.68 bits per heavy atom. The van der Waals surface area contributed by atoms with Crippen molar-refractivity contribution in [2.75, 3.05) is 0 Å². The lowest BCUT2D eigenvalue weighted by Crippen LogP contribution is -2.06. The maximum atomic E-state index is 12.5. The molecular formula is C43H54O4. The van der Waals surface area contributed by atoms with E-state index in [1.165, 1.54) is 57.4 Å². The van der Waals surface area contributed by atoms with Crippen LogP contribution in [0.25, 0.3) is 6.08 Å². The standard InChI is InChI=1S/C43H54O4/c1-4-5-6-7-8-9-17-20-23-26-29-39-41(45)33-36(2)34-42(39)47-43(46)30-27-24-21-18-15-13-11-10-12-14-16-19-22-25-28-38-31-32-40(44)37(3)35-38/h10-16,18-19,21-22,24-25,27-28,30-35,44-45H,4-9,17,20,23,26,29H2,1-3H3/b12-10+,13-11+,16-14+,18-15+,22-19+,24-21+,28-25+,30-27+. The molecule has 0 aliphatic rings. The molecule has 0 saturated carbocycles. The van der Waals surface area contributed by atoms with Gasteiger partial charge in [0, 0.05) is 11.6 Å². The van der Waals surface area contributed by atoms with Gasteiger partial charge in [-0.15, -0.1) is 0 Å². The predicted molar refractivity (Wildman–Crippen MR) is 200 cm³/mol. The minimum absolute atomic E-state index is 0.194. The van der Waals surface area contributed by atoms with E-state index in [2.05, 4.69) is 6.92 Å². The fourth-order valence-electron chi connectivity index (χ4n) is 4.89. The number of unbranched alkanes of at least 4 members (excludes halogenated alkanes) is 9. The Kier molecular flexibility index (Phi) is 20.2. The third-order valence-corrected chi connectivity index (χ3v) is 7.51. The van der Waals surface area contributed by atoms with Gasteiger partial charge < -0.3 is 14.9 Å². The number of hydrogen-bond donors (Lipinski definition) is 2. The predicted octanol–water partition coefficient (Wildman–Crippen LogP) is 11.7. The van der Waals surface area contributed by atoms with E-state index in [0.717, 1.165) is 29.5 Å². The van der Waals surface area contributed by atoms with E-state index >= 15 is 0 Å². The Hall–Kier alpha value is -4.57. The molecule has 2 N–H and O–H groups in total. The fraction of sp³-hybridized carbons (Fsp3) is 0.326. The molecule has 4 nitrogen and oxygen atoms in total. The summed E-state index contributed by atoms with van der Waals surface area (Å²) in [5.74, 6) is 0.479. The summed E-state index contributed by atoms with van der Waals surface area (Å²) in [5, 5.41) is 20.1. The lowest BCUT2D eigenvalue weighted by Gasteiger charge is -2.12. The summed E-state index contributed by atoms with van der Waals surface area (Å²) >= 11 is 0. The molecular weight excluding hydrogens is 580 g/mol. The van der Waals surface area contributed by atoms with Gasteiger partial charge in [0.15, 0.2) is 0 Å². The van der Waals surface area contributed by atoms with Gasteiger partial charge in [-0.25, -0.2) is 4.79 Å². The molecule has 0 aromatic heterocycles. The normalized spacial score (nSPS) is 12.7. The number of aryl methyl sites for hydroxylation is 2. The van der Waals surface area contributed by atoms with Crippen molar-refractivity contribution in [2.24, 2.45) is 0 Å². The first kappa shape index (κ1) is 38.6. The highest BCUT2D eigenvalue weighted by Gasteiger charge is 2.13. The SMILES string of the molecule is CCCCCCCCCCCCc1c(O)cc(C)cc1OC(=O)/C=C/C=C/C=C/C=C/C=C/C=C/C=C/C=C/c1ccc(O)c(C)c1. The van der Waals surface area contributed by atoms with Gasteiger partial charge in [-0.3, -0.25) is 0 Å². The number of allylic oxidation sites excluding steroid dienone is 14. The van der Waals surface area contributed by atoms with Gasteiger partial charge in [-0.2, -0.15) is 0 Å². The molecule has 250 valence electrons. The van der Waals surface area contributed by atoms with Crippen molar-refractivity contribution in [1.82, 2.24) is 0 Å². The van der Waals surface area contributed by atoms with Gasteiger partial charge in [-0.1, -0.05) is 162 Å². The van der Waals surface area contributed by atoms with Crippen LogP contribution >= 0.6 is 0 Å². The Labute approximate surface area is 283 Å². The van der Waals surface area contributed by atoms with E-state index in [1.807, 2.05) is 111 Å². The van der Waals surface area contributed by atoms with Crippen molar-refractivity contribution in [3.63, 3.8) is 0 Å². The molecule has 0 aliphatic carbocycles. The summed E-state index contributed by atoms with van der Waals surface area (Å²) in [7, 11) is 0. The monoisotopic (exact) mass is 634 g/mol. The summed E-state index contributed by atoms with van der Waals surface area (Å²) in [5.41, 5.74) is 3.47. The Bertz CT molecular complexity index is 1450. The molecule has 0 radical (unpaired) electrons. The van der Waals surface area contributed by atoms with Crippen LogP contribution in [-0.4, -0.2) is 16.2 Å². The number of benzene rings is 2. The molecule has 0 spiro atoms. The van der Waals surface area contributed by atoms with Crippen LogP contribution in [0, 0.1) is 13.8 Å². The second-order valence-corrected chi connectivity index (χ2v) is 11.7. The maximum Gasteiger partial charge on any atom is 0.336 e. The van der Waals surface area contributed by atoms with Gasteiger partial charge in [0.05, 0.1) is 0 Å². The summed E-state index contributed by atoms with van der Waals surface area (Å²) < 4.78 is 5.62. The molecule has 47 heavy (non-hydrogen) atoms. The first-order valence-electron chi connectivity index (χ1n) is 17.1. The van der Waals surface area contributed by atoms with Crippen molar-refractivity contribution >= 4 is 12.0 Å². The molecule has 0 aliphatic heterocycles. The zero-order valence-electron chi connectivity index (χ0n) is 28.6. The molecule has 0 saturated heterocycles. The molecule has 2 aromatic carbocycles. The number of hydrogen-bond acceptors (Lipinski definition) is 4. The highest BCUT2D eigenvalue weighted by molar-refractivity contribution is 5.84. The van der Waals surface area contributed by atoms with Crippen molar-refractivity contribution in [3.8, 4) is 17.2 Å². The van der Waals surface area contributed by atoms with E-state index < -0.39 is 5.97 Å². The summed E-state index contributed by atoms with van der Waals surface area (Å²) in [6.45, 7) is 6.01. The van der Waals surface area contributed by atoms with Crippen LogP contribution in [0.5, 0.6) is 17.2 Å². The van der Waals surface area contributed by atoms with E-state index in [-0.39, 0.29) is 5.75 Å². The zero-order chi connectivity index (χ0) is 34.0. The van der Waals surface area contributed by atoms with E-state index in [9.17, 15) is 15.0 Å². The van der Waals surface area contributed by atoms with Crippen molar-refractivity contribution in [2.45, 2.75) is 91.4 Å². The lowest BCUT2D eigenvalue weighted by atomic mass is 10.0. The van der Waals surface area contributed by atoms with Crippen LogP contribution in [0.15, 0.2) is 121 Å². The van der Waals surface area contributed by atoms with Crippen LogP contribution in [0.4, 0.5) is 0 Å². The van der Waals surface area contributed by atoms with Crippen LogP contribution in [-0.2, 0) is 11.2 Å². The van der Waals surface area contributed by atoms with E-state index in [1.54, 1.807) is 24.3 Å². The Morgan fingerprint density at radius 1 is 0.617 bits per heavy atom. The third kappa shape index (κ3) is 18.2. The molecule has 4 heteroatoms. The molecule has 0 unspecified atom stereocenters. The largest absolute Gasteiger partial charge is 0.508 e. The number of aromatic hydroxyl groups is 2. The van der Waals surface area contributed by atoms with Gasteiger partial charge in [0.2, 0.25) is 0 Å². The number of rotatable bonds is 21. The highest BCUT2D eigenvalue weighted by atomic mass is 16.5. The Morgan fingerprint density at radius 2 is 1.13 bits per heavy atom. The molecule has 0 amide bonds. The fourth-order valence-corrected chi connectivity index (χ4v) is 4.89. The van der Waals surface area contributed by atoms with Crippen molar-refractivity contribution in [3.05, 3.63) is 144 Å². The molecule has 0 heterocycles. The number of carbonyl (C=O) groups excluding carboxylic acids is 1. The minimum atomic E-state index is -0.468. The van der Waals surface area contributed by atoms with Crippen LogP contribution in [0.3, 0.4) is 0 Å². The smallest absolute Gasteiger partial charge is 0.336 e. The molecule has 2 aromatic rings. The molecule has 0 bridgehead atoms. The van der Waals surface area contributed by atoms with Crippen molar-refractivity contribution < 1.29 is 19.7 Å². The Balaban J connectivity index is 1.68. The van der Waals surface area contributed by atoms with Crippen LogP contribution in [0.1, 0.15) is 93.4 Å². The molecule has 0 atom stereocenters. The minimum Gasteiger partial charge on any atom is -0.508 e.